The van der Waals surface area contributed by atoms with E-state index in [1.165, 1.54) is 16.0 Å². The lowest BCUT2D eigenvalue weighted by atomic mass is 10.00. The Labute approximate surface area is 137 Å². The van der Waals surface area contributed by atoms with Crippen molar-refractivity contribution >= 4 is 11.6 Å². The van der Waals surface area contributed by atoms with E-state index >= 15 is 0 Å². The largest absolute Gasteiger partial charge is 0.497 e. The number of rotatable bonds is 5. The van der Waals surface area contributed by atoms with Crippen molar-refractivity contribution in [3.63, 3.8) is 0 Å². The monoisotopic (exact) mass is 311 g/mol. The van der Waals surface area contributed by atoms with Crippen molar-refractivity contribution in [3.05, 3.63) is 59.7 Å². The molecular formula is C19H23N2O2+. The van der Waals surface area contributed by atoms with Gasteiger partial charge in [0.15, 0.2) is 0 Å². The van der Waals surface area contributed by atoms with E-state index in [9.17, 15) is 4.79 Å². The molecule has 0 fully saturated rings. The second-order valence-corrected chi connectivity index (χ2v) is 5.98. The van der Waals surface area contributed by atoms with Crippen LogP contribution in [0.15, 0.2) is 48.5 Å². The Morgan fingerprint density at radius 3 is 2.83 bits per heavy atom. The number of methoxy groups -OCH3 is 1. The minimum absolute atomic E-state index is 0.0598. The number of amides is 1. The van der Waals surface area contributed by atoms with E-state index in [2.05, 4.69) is 29.6 Å². The van der Waals surface area contributed by atoms with Crippen LogP contribution >= 0.6 is 0 Å². The summed E-state index contributed by atoms with van der Waals surface area (Å²) >= 11 is 0. The van der Waals surface area contributed by atoms with Gasteiger partial charge in [0.2, 0.25) is 5.91 Å². The fourth-order valence-electron chi connectivity index (χ4n) is 3.07. The Kier molecular flexibility index (Phi) is 4.93. The zero-order valence-corrected chi connectivity index (χ0v) is 13.5. The molecule has 1 amide bonds. The third kappa shape index (κ3) is 4.11. The average Bonchev–Trinajstić information content (AvgIpc) is 2.60. The first-order chi connectivity index (χ1) is 11.2. The molecular weight excluding hydrogens is 288 g/mol. The molecule has 2 N–H and O–H groups in total. The van der Waals surface area contributed by atoms with Crippen molar-refractivity contribution in [1.82, 2.24) is 0 Å². The molecule has 0 aliphatic carbocycles. The van der Waals surface area contributed by atoms with Crippen LogP contribution in [-0.2, 0) is 17.8 Å². The molecule has 2 aromatic rings. The van der Waals surface area contributed by atoms with Gasteiger partial charge in [-0.15, -0.1) is 0 Å². The van der Waals surface area contributed by atoms with E-state index in [0.717, 1.165) is 37.5 Å². The van der Waals surface area contributed by atoms with E-state index in [0.29, 0.717) is 6.42 Å². The Balaban J connectivity index is 1.50. The summed E-state index contributed by atoms with van der Waals surface area (Å²) in [5.41, 5.74) is 3.66. The highest BCUT2D eigenvalue weighted by Gasteiger charge is 2.19. The maximum Gasteiger partial charge on any atom is 0.230 e. The van der Waals surface area contributed by atoms with Crippen LogP contribution in [0.5, 0.6) is 5.75 Å². The van der Waals surface area contributed by atoms with Crippen LogP contribution in [0.1, 0.15) is 17.5 Å². The maximum absolute atomic E-state index is 12.1. The van der Waals surface area contributed by atoms with Crippen molar-refractivity contribution in [2.45, 2.75) is 19.4 Å². The summed E-state index contributed by atoms with van der Waals surface area (Å²) in [4.78, 5) is 13.6. The van der Waals surface area contributed by atoms with Gasteiger partial charge in [-0.05, 0) is 17.7 Å². The van der Waals surface area contributed by atoms with E-state index in [1.54, 1.807) is 7.11 Å². The van der Waals surface area contributed by atoms with Crippen LogP contribution in [0.25, 0.3) is 0 Å². The number of fused-ring (bicyclic) bond motifs is 1. The number of nitrogens with one attached hydrogen (secondary N) is 2. The van der Waals surface area contributed by atoms with Crippen molar-refractivity contribution in [2.24, 2.45) is 0 Å². The molecule has 2 aromatic carbocycles. The number of quaternary nitrogens is 1. The fourth-order valence-corrected chi connectivity index (χ4v) is 3.07. The summed E-state index contributed by atoms with van der Waals surface area (Å²) in [7, 11) is 1.62. The molecule has 1 atom stereocenters. The highest BCUT2D eigenvalue weighted by atomic mass is 16.5. The van der Waals surface area contributed by atoms with Gasteiger partial charge in [-0.25, -0.2) is 0 Å². The molecule has 0 saturated heterocycles. The van der Waals surface area contributed by atoms with Gasteiger partial charge in [0, 0.05) is 23.7 Å². The zero-order chi connectivity index (χ0) is 16.1. The van der Waals surface area contributed by atoms with E-state index in [1.807, 2.05) is 24.3 Å². The molecule has 0 saturated carbocycles. The molecule has 4 nitrogen and oxygen atoms in total. The minimum Gasteiger partial charge on any atom is -0.497 e. The van der Waals surface area contributed by atoms with Gasteiger partial charge in [-0.2, -0.15) is 0 Å². The molecule has 0 aromatic heterocycles. The SMILES string of the molecule is COc1cccc(NC(=O)CC[NH+]2CCc3ccccc3C2)c1. The van der Waals surface area contributed by atoms with Crippen LogP contribution in [0.2, 0.25) is 0 Å². The molecule has 4 heteroatoms. The van der Waals surface area contributed by atoms with E-state index in [4.69, 9.17) is 4.74 Å². The molecule has 0 radical (unpaired) electrons. The molecule has 0 bridgehead atoms. The molecule has 0 spiro atoms. The van der Waals surface area contributed by atoms with Gasteiger partial charge in [-0.3, -0.25) is 4.79 Å². The van der Waals surface area contributed by atoms with Crippen LogP contribution in [0, 0.1) is 0 Å². The smallest absolute Gasteiger partial charge is 0.230 e. The molecule has 120 valence electrons. The summed E-state index contributed by atoms with van der Waals surface area (Å²) in [6.07, 6.45) is 1.64. The molecule has 1 aliphatic heterocycles. The lowest BCUT2D eigenvalue weighted by molar-refractivity contribution is -0.915. The Morgan fingerprint density at radius 2 is 2.00 bits per heavy atom. The maximum atomic E-state index is 12.1. The van der Waals surface area contributed by atoms with Crippen LogP contribution < -0.4 is 15.0 Å². The molecule has 23 heavy (non-hydrogen) atoms. The predicted molar refractivity (Wildman–Crippen MR) is 90.8 cm³/mol. The topological polar surface area (TPSA) is 42.8 Å². The summed E-state index contributed by atoms with van der Waals surface area (Å²) in [6.45, 7) is 2.98. The van der Waals surface area contributed by atoms with Crippen molar-refractivity contribution in [3.8, 4) is 5.75 Å². The number of carbonyl (C=O) groups excluding carboxylic acids is 1. The average molecular weight is 311 g/mol. The lowest BCUT2D eigenvalue weighted by Gasteiger charge is -2.25. The van der Waals surface area contributed by atoms with Crippen LogP contribution in [-0.4, -0.2) is 26.1 Å². The van der Waals surface area contributed by atoms with Crippen LogP contribution in [0.3, 0.4) is 0 Å². The third-order valence-corrected chi connectivity index (χ3v) is 4.37. The summed E-state index contributed by atoms with van der Waals surface area (Å²) in [6, 6.07) is 16.1. The molecule has 1 aliphatic rings. The Morgan fingerprint density at radius 1 is 1.17 bits per heavy atom. The number of carbonyl (C=O) groups is 1. The van der Waals surface area contributed by atoms with Gasteiger partial charge in [0.1, 0.15) is 12.3 Å². The zero-order valence-electron chi connectivity index (χ0n) is 13.5. The second-order valence-electron chi connectivity index (χ2n) is 5.98. The van der Waals surface area contributed by atoms with Crippen LogP contribution in [0.4, 0.5) is 5.69 Å². The van der Waals surface area contributed by atoms with E-state index < -0.39 is 0 Å². The predicted octanol–water partition coefficient (Wildman–Crippen LogP) is 1.66. The fraction of sp³-hybridized carbons (Fsp3) is 0.316. The molecule has 1 unspecified atom stereocenters. The Hall–Kier alpha value is -2.33. The van der Waals surface area contributed by atoms with Gasteiger partial charge in [0.05, 0.1) is 26.6 Å². The lowest BCUT2D eigenvalue weighted by Crippen LogP contribution is -3.11. The first-order valence-electron chi connectivity index (χ1n) is 8.09. The number of anilines is 1. The normalized spacial score (nSPS) is 16.5. The third-order valence-electron chi connectivity index (χ3n) is 4.37. The number of benzene rings is 2. The number of hydrogen-bond donors (Lipinski definition) is 2. The second kappa shape index (κ2) is 7.29. The first-order valence-corrected chi connectivity index (χ1v) is 8.09. The number of hydrogen-bond acceptors (Lipinski definition) is 2. The van der Waals surface area contributed by atoms with E-state index in [-0.39, 0.29) is 5.91 Å². The quantitative estimate of drug-likeness (QED) is 0.882. The summed E-state index contributed by atoms with van der Waals surface area (Å²) in [5.74, 6) is 0.811. The molecule has 1 heterocycles. The highest BCUT2D eigenvalue weighted by Crippen LogP contribution is 2.16. The number of ether oxygens (including phenoxy) is 1. The van der Waals surface area contributed by atoms with Crippen molar-refractivity contribution in [1.29, 1.82) is 0 Å². The van der Waals surface area contributed by atoms with Gasteiger partial charge in [0.25, 0.3) is 0 Å². The minimum atomic E-state index is 0.0598. The summed E-state index contributed by atoms with van der Waals surface area (Å²) in [5, 5.41) is 2.94. The van der Waals surface area contributed by atoms with Gasteiger partial charge >= 0.3 is 0 Å². The molecule has 3 rings (SSSR count). The van der Waals surface area contributed by atoms with Crippen molar-refractivity contribution < 1.29 is 14.4 Å². The van der Waals surface area contributed by atoms with Crippen molar-refractivity contribution in [2.75, 3.05) is 25.5 Å². The van der Waals surface area contributed by atoms with Gasteiger partial charge in [-0.1, -0.05) is 30.3 Å². The Bertz CT molecular complexity index is 685. The first kappa shape index (κ1) is 15.6. The highest BCUT2D eigenvalue weighted by molar-refractivity contribution is 5.90. The summed E-state index contributed by atoms with van der Waals surface area (Å²) < 4.78 is 5.17. The standard InChI is InChI=1S/C19H22N2O2/c1-23-18-8-4-7-17(13-18)20-19(22)10-12-21-11-9-15-5-2-3-6-16(15)14-21/h2-8,13H,9-12,14H2,1H3,(H,20,22)/p+1. The van der Waals surface area contributed by atoms with Gasteiger partial charge < -0.3 is 15.0 Å².